The van der Waals surface area contributed by atoms with Gasteiger partial charge in [-0.05, 0) is 43.2 Å². The second-order valence-electron chi connectivity index (χ2n) is 5.36. The van der Waals surface area contributed by atoms with Crippen LogP contribution >= 0.6 is 0 Å². The highest BCUT2D eigenvalue weighted by Crippen LogP contribution is 2.17. The molecule has 2 rings (SSSR count). The van der Waals surface area contributed by atoms with Gasteiger partial charge in [-0.1, -0.05) is 30.3 Å². The largest absolute Gasteiger partial charge is 0.489 e. The van der Waals surface area contributed by atoms with Gasteiger partial charge in [0, 0.05) is 18.2 Å². The third kappa shape index (κ3) is 5.58. The molecule has 4 nitrogen and oxygen atoms in total. The molecule has 3 N–H and O–H groups in total. The summed E-state index contributed by atoms with van der Waals surface area (Å²) in [5.74, 6) is 0.757. The van der Waals surface area contributed by atoms with E-state index in [-0.39, 0.29) is 11.9 Å². The van der Waals surface area contributed by atoms with Crippen LogP contribution in [0.3, 0.4) is 0 Å². The van der Waals surface area contributed by atoms with Crippen LogP contribution in [-0.4, -0.2) is 11.9 Å². The monoisotopic (exact) mass is 298 g/mol. The number of carbonyl (C=O) groups is 1. The fraction of sp³-hybridized carbons (Fsp3) is 0.278. The van der Waals surface area contributed by atoms with Crippen LogP contribution in [0.1, 0.15) is 25.3 Å². The van der Waals surface area contributed by atoms with E-state index >= 15 is 0 Å². The number of hydrogen-bond acceptors (Lipinski definition) is 3. The SMILES string of the molecule is CC(N)CCC(=O)Nc1ccc(OCc2ccccc2)cc1. The molecule has 0 heterocycles. The van der Waals surface area contributed by atoms with Crippen molar-refractivity contribution in [3.63, 3.8) is 0 Å². The van der Waals surface area contributed by atoms with Gasteiger partial charge in [-0.2, -0.15) is 0 Å². The molecular formula is C18H22N2O2. The number of nitrogens with two attached hydrogens (primary N) is 1. The molecule has 116 valence electrons. The number of benzene rings is 2. The van der Waals surface area contributed by atoms with Crippen molar-refractivity contribution in [3.8, 4) is 5.75 Å². The van der Waals surface area contributed by atoms with E-state index in [1.54, 1.807) is 0 Å². The molecule has 1 atom stereocenters. The molecule has 0 aliphatic carbocycles. The van der Waals surface area contributed by atoms with E-state index in [0.717, 1.165) is 17.0 Å². The molecule has 0 spiro atoms. The maximum absolute atomic E-state index is 11.7. The Morgan fingerprint density at radius 1 is 1.14 bits per heavy atom. The summed E-state index contributed by atoms with van der Waals surface area (Å²) in [5, 5.41) is 2.85. The van der Waals surface area contributed by atoms with Gasteiger partial charge in [-0.15, -0.1) is 0 Å². The summed E-state index contributed by atoms with van der Waals surface area (Å²) in [5.41, 5.74) is 7.53. The average molecular weight is 298 g/mol. The lowest BCUT2D eigenvalue weighted by Crippen LogP contribution is -2.19. The van der Waals surface area contributed by atoms with Crippen molar-refractivity contribution in [1.82, 2.24) is 0 Å². The lowest BCUT2D eigenvalue weighted by atomic mass is 10.2. The first-order valence-electron chi connectivity index (χ1n) is 7.46. The molecule has 0 radical (unpaired) electrons. The summed E-state index contributed by atoms with van der Waals surface area (Å²) < 4.78 is 5.70. The third-order valence-electron chi connectivity index (χ3n) is 3.21. The van der Waals surface area contributed by atoms with E-state index in [1.807, 2.05) is 61.5 Å². The zero-order valence-corrected chi connectivity index (χ0v) is 12.8. The minimum absolute atomic E-state index is 0.0183. The van der Waals surface area contributed by atoms with Crippen LogP contribution in [0.2, 0.25) is 0 Å². The van der Waals surface area contributed by atoms with Gasteiger partial charge in [0.2, 0.25) is 5.91 Å². The van der Waals surface area contributed by atoms with E-state index in [9.17, 15) is 4.79 Å². The Hall–Kier alpha value is -2.33. The standard InChI is InChI=1S/C18H22N2O2/c1-14(19)7-12-18(21)20-16-8-10-17(11-9-16)22-13-15-5-3-2-4-6-15/h2-6,8-11,14H,7,12-13,19H2,1H3,(H,20,21). The van der Waals surface area contributed by atoms with Crippen molar-refractivity contribution in [2.24, 2.45) is 5.73 Å². The van der Waals surface area contributed by atoms with Crippen molar-refractivity contribution in [2.45, 2.75) is 32.4 Å². The molecule has 0 bridgehead atoms. The zero-order chi connectivity index (χ0) is 15.8. The second-order valence-corrected chi connectivity index (χ2v) is 5.36. The van der Waals surface area contributed by atoms with E-state index in [0.29, 0.717) is 19.4 Å². The Morgan fingerprint density at radius 2 is 1.82 bits per heavy atom. The first-order chi connectivity index (χ1) is 10.6. The van der Waals surface area contributed by atoms with Crippen molar-refractivity contribution in [3.05, 3.63) is 60.2 Å². The molecule has 4 heteroatoms. The fourth-order valence-corrected chi connectivity index (χ4v) is 1.96. The normalized spacial score (nSPS) is 11.7. The summed E-state index contributed by atoms with van der Waals surface area (Å²) in [6, 6.07) is 17.4. The number of hydrogen-bond donors (Lipinski definition) is 2. The Balaban J connectivity index is 1.81. The van der Waals surface area contributed by atoms with Gasteiger partial charge < -0.3 is 15.8 Å². The summed E-state index contributed by atoms with van der Waals surface area (Å²) in [4.78, 5) is 11.7. The third-order valence-corrected chi connectivity index (χ3v) is 3.21. The van der Waals surface area contributed by atoms with Crippen molar-refractivity contribution in [2.75, 3.05) is 5.32 Å². The smallest absolute Gasteiger partial charge is 0.224 e. The zero-order valence-electron chi connectivity index (χ0n) is 12.8. The molecule has 0 saturated carbocycles. The molecular weight excluding hydrogens is 276 g/mol. The summed E-state index contributed by atoms with van der Waals surface area (Å²) >= 11 is 0. The summed E-state index contributed by atoms with van der Waals surface area (Å²) in [7, 11) is 0. The average Bonchev–Trinajstić information content (AvgIpc) is 2.53. The maximum Gasteiger partial charge on any atom is 0.224 e. The van der Waals surface area contributed by atoms with E-state index in [1.165, 1.54) is 0 Å². The second kappa shape index (κ2) is 8.20. The lowest BCUT2D eigenvalue weighted by molar-refractivity contribution is -0.116. The molecule has 1 amide bonds. The van der Waals surface area contributed by atoms with Gasteiger partial charge in [0.05, 0.1) is 0 Å². The Kier molecular flexibility index (Phi) is 5.98. The van der Waals surface area contributed by atoms with Gasteiger partial charge in [0.15, 0.2) is 0 Å². The molecule has 2 aromatic rings. The highest BCUT2D eigenvalue weighted by molar-refractivity contribution is 5.90. The van der Waals surface area contributed by atoms with Gasteiger partial charge in [-0.3, -0.25) is 4.79 Å². The van der Waals surface area contributed by atoms with Crippen LogP contribution in [0.4, 0.5) is 5.69 Å². The van der Waals surface area contributed by atoms with E-state index < -0.39 is 0 Å². The van der Waals surface area contributed by atoms with Crippen LogP contribution in [0.25, 0.3) is 0 Å². The van der Waals surface area contributed by atoms with Crippen LogP contribution in [-0.2, 0) is 11.4 Å². The first kappa shape index (κ1) is 16.0. The van der Waals surface area contributed by atoms with Crippen LogP contribution in [0.15, 0.2) is 54.6 Å². The molecule has 0 saturated heterocycles. The fourth-order valence-electron chi connectivity index (χ4n) is 1.96. The maximum atomic E-state index is 11.7. The van der Waals surface area contributed by atoms with Gasteiger partial charge >= 0.3 is 0 Å². The van der Waals surface area contributed by atoms with Crippen LogP contribution in [0, 0.1) is 0 Å². The minimum atomic E-state index is -0.0183. The Morgan fingerprint density at radius 3 is 2.45 bits per heavy atom. The number of anilines is 1. The molecule has 0 fully saturated rings. The Labute approximate surface area is 131 Å². The van der Waals surface area contributed by atoms with Crippen molar-refractivity contribution >= 4 is 11.6 Å². The lowest BCUT2D eigenvalue weighted by Gasteiger charge is -2.09. The topological polar surface area (TPSA) is 64.4 Å². The quantitative estimate of drug-likeness (QED) is 0.824. The summed E-state index contributed by atoms with van der Waals surface area (Å²) in [6.45, 7) is 2.42. The summed E-state index contributed by atoms with van der Waals surface area (Å²) in [6.07, 6.45) is 1.12. The minimum Gasteiger partial charge on any atom is -0.489 e. The van der Waals surface area contributed by atoms with E-state index in [4.69, 9.17) is 10.5 Å². The highest BCUT2D eigenvalue weighted by Gasteiger charge is 2.04. The highest BCUT2D eigenvalue weighted by atomic mass is 16.5. The molecule has 2 aromatic carbocycles. The predicted octanol–water partition coefficient (Wildman–Crippen LogP) is 3.33. The Bertz CT molecular complexity index is 580. The molecule has 0 aliphatic rings. The molecule has 0 aromatic heterocycles. The van der Waals surface area contributed by atoms with Gasteiger partial charge in [-0.25, -0.2) is 0 Å². The molecule has 0 aliphatic heterocycles. The first-order valence-corrected chi connectivity index (χ1v) is 7.46. The van der Waals surface area contributed by atoms with Gasteiger partial charge in [0.1, 0.15) is 12.4 Å². The van der Waals surface area contributed by atoms with Crippen molar-refractivity contribution in [1.29, 1.82) is 0 Å². The van der Waals surface area contributed by atoms with E-state index in [2.05, 4.69) is 5.32 Å². The molecule has 1 unspecified atom stereocenters. The van der Waals surface area contributed by atoms with Crippen molar-refractivity contribution < 1.29 is 9.53 Å². The number of amides is 1. The number of ether oxygens (including phenoxy) is 1. The number of nitrogens with one attached hydrogen (secondary N) is 1. The molecule has 22 heavy (non-hydrogen) atoms. The number of rotatable bonds is 7. The van der Waals surface area contributed by atoms with Gasteiger partial charge in [0.25, 0.3) is 0 Å². The number of carbonyl (C=O) groups excluding carboxylic acids is 1. The van der Waals surface area contributed by atoms with Crippen LogP contribution in [0.5, 0.6) is 5.75 Å². The predicted molar refractivity (Wildman–Crippen MR) is 88.7 cm³/mol. The van der Waals surface area contributed by atoms with Crippen LogP contribution < -0.4 is 15.8 Å².